The van der Waals surface area contributed by atoms with Gasteiger partial charge in [0.05, 0.1) is 10.1 Å². The highest BCUT2D eigenvalue weighted by molar-refractivity contribution is 7.92. The van der Waals surface area contributed by atoms with E-state index in [4.69, 9.17) is 5.73 Å². The van der Waals surface area contributed by atoms with Gasteiger partial charge in [-0.2, -0.15) is 0 Å². The maximum atomic E-state index is 12.7. The maximum absolute atomic E-state index is 12.7. The highest BCUT2D eigenvalue weighted by atomic mass is 32.2. The largest absolute Gasteiger partial charge is 0.327 e. The molecule has 1 fully saturated rings. The summed E-state index contributed by atoms with van der Waals surface area (Å²) in [7, 11) is -3.25. The van der Waals surface area contributed by atoms with E-state index in [1.807, 2.05) is 32.9 Å². The number of rotatable bonds is 2. The van der Waals surface area contributed by atoms with Crippen molar-refractivity contribution in [2.75, 3.05) is 0 Å². The first-order valence-corrected chi connectivity index (χ1v) is 7.95. The monoisotopic (exact) mass is 267 g/mol. The van der Waals surface area contributed by atoms with Gasteiger partial charge in [-0.25, -0.2) is 8.42 Å². The number of benzene rings is 1. The topological polar surface area (TPSA) is 60.2 Å². The van der Waals surface area contributed by atoms with Crippen LogP contribution in [0.1, 0.15) is 30.9 Å². The number of nitrogens with two attached hydrogens (primary N) is 1. The molecule has 2 rings (SSSR count). The zero-order valence-electron chi connectivity index (χ0n) is 11.2. The van der Waals surface area contributed by atoms with Crippen LogP contribution in [0.15, 0.2) is 23.1 Å². The van der Waals surface area contributed by atoms with Crippen molar-refractivity contribution in [2.24, 2.45) is 11.7 Å². The highest BCUT2D eigenvalue weighted by Gasteiger charge is 2.40. The Bertz CT molecular complexity index is 551. The minimum Gasteiger partial charge on any atom is -0.327 e. The molecule has 18 heavy (non-hydrogen) atoms. The van der Waals surface area contributed by atoms with Crippen molar-refractivity contribution in [1.29, 1.82) is 0 Å². The van der Waals surface area contributed by atoms with E-state index < -0.39 is 9.84 Å². The van der Waals surface area contributed by atoms with Crippen molar-refractivity contribution in [3.05, 3.63) is 29.3 Å². The molecule has 1 saturated carbocycles. The molecule has 0 bridgehead atoms. The van der Waals surface area contributed by atoms with Crippen molar-refractivity contribution in [2.45, 2.75) is 49.8 Å². The molecule has 3 atom stereocenters. The lowest BCUT2D eigenvalue weighted by atomic mass is 10.1. The number of sulfone groups is 1. The summed E-state index contributed by atoms with van der Waals surface area (Å²) in [5.74, 6) is 0.0370. The molecule has 0 heterocycles. The Kier molecular flexibility index (Phi) is 3.52. The van der Waals surface area contributed by atoms with Crippen molar-refractivity contribution >= 4 is 9.84 Å². The standard InChI is InChI=1S/C14H21NO2S/c1-9-4-5-10(2)14(8-9)18(16,17)13-7-6-12(15)11(13)3/h4-5,8,11-13H,6-7,15H2,1-3H3. The van der Waals surface area contributed by atoms with E-state index in [1.54, 1.807) is 6.07 Å². The van der Waals surface area contributed by atoms with Gasteiger partial charge in [0.1, 0.15) is 0 Å². The third-order valence-corrected chi connectivity index (χ3v) is 6.61. The Hall–Kier alpha value is -0.870. The minimum atomic E-state index is -3.25. The van der Waals surface area contributed by atoms with Crippen molar-refractivity contribution in [3.63, 3.8) is 0 Å². The van der Waals surface area contributed by atoms with Crippen LogP contribution < -0.4 is 5.73 Å². The molecular weight excluding hydrogens is 246 g/mol. The van der Waals surface area contributed by atoms with E-state index in [0.29, 0.717) is 11.3 Å². The summed E-state index contributed by atoms with van der Waals surface area (Å²) in [5.41, 5.74) is 7.75. The van der Waals surface area contributed by atoms with Crippen LogP contribution in [0.4, 0.5) is 0 Å². The fourth-order valence-corrected chi connectivity index (χ4v) is 5.18. The molecular formula is C14H21NO2S. The van der Waals surface area contributed by atoms with E-state index >= 15 is 0 Å². The normalized spacial score (nSPS) is 28.6. The third kappa shape index (κ3) is 2.19. The minimum absolute atomic E-state index is 0.00916. The van der Waals surface area contributed by atoms with Gasteiger partial charge in [0.25, 0.3) is 0 Å². The molecule has 1 aliphatic carbocycles. The predicted molar refractivity (Wildman–Crippen MR) is 73.3 cm³/mol. The van der Waals surface area contributed by atoms with Crippen LogP contribution in [0, 0.1) is 19.8 Å². The van der Waals surface area contributed by atoms with Crippen LogP contribution in [0.5, 0.6) is 0 Å². The quantitative estimate of drug-likeness (QED) is 0.893. The predicted octanol–water partition coefficient (Wildman–Crippen LogP) is 2.20. The summed E-state index contributed by atoms with van der Waals surface area (Å²) in [4.78, 5) is 0.480. The van der Waals surface area contributed by atoms with Gasteiger partial charge < -0.3 is 5.73 Å². The van der Waals surface area contributed by atoms with Crippen LogP contribution in [0.3, 0.4) is 0 Å². The Morgan fingerprint density at radius 3 is 2.44 bits per heavy atom. The van der Waals surface area contributed by atoms with Gasteiger partial charge in [0, 0.05) is 6.04 Å². The summed E-state index contributed by atoms with van der Waals surface area (Å²) in [6, 6.07) is 5.61. The van der Waals surface area contributed by atoms with Gasteiger partial charge >= 0.3 is 0 Å². The second-order valence-electron chi connectivity index (χ2n) is 5.45. The molecule has 0 saturated heterocycles. The first-order valence-electron chi connectivity index (χ1n) is 6.41. The smallest absolute Gasteiger partial charge is 0.181 e. The van der Waals surface area contributed by atoms with Crippen LogP contribution in [0.25, 0.3) is 0 Å². The summed E-state index contributed by atoms with van der Waals surface area (Å²) in [6.07, 6.45) is 1.48. The average Bonchev–Trinajstić information content (AvgIpc) is 2.63. The average molecular weight is 267 g/mol. The lowest BCUT2D eigenvalue weighted by Crippen LogP contribution is -2.32. The van der Waals surface area contributed by atoms with Crippen LogP contribution in [0.2, 0.25) is 0 Å². The molecule has 1 aliphatic rings. The Labute approximate surface area is 109 Å². The van der Waals surface area contributed by atoms with Crippen LogP contribution in [-0.2, 0) is 9.84 Å². The number of aryl methyl sites for hydroxylation is 2. The molecule has 2 N–H and O–H groups in total. The fraction of sp³-hybridized carbons (Fsp3) is 0.571. The van der Waals surface area contributed by atoms with E-state index in [2.05, 4.69) is 0 Å². The first kappa shape index (κ1) is 13.6. The maximum Gasteiger partial charge on any atom is 0.181 e. The third-order valence-electron chi connectivity index (χ3n) is 4.10. The summed E-state index contributed by atoms with van der Waals surface area (Å²) in [5, 5.41) is -0.326. The van der Waals surface area contributed by atoms with Gasteiger partial charge in [0.15, 0.2) is 9.84 Å². The van der Waals surface area contributed by atoms with E-state index in [1.165, 1.54) is 0 Å². The highest BCUT2D eigenvalue weighted by Crippen LogP contribution is 2.34. The van der Waals surface area contributed by atoms with Gasteiger partial charge in [0.2, 0.25) is 0 Å². The lowest BCUT2D eigenvalue weighted by molar-refractivity contribution is 0.506. The van der Waals surface area contributed by atoms with Crippen molar-refractivity contribution in [3.8, 4) is 0 Å². The molecule has 0 spiro atoms. The molecule has 0 aromatic heterocycles. The molecule has 0 radical (unpaired) electrons. The molecule has 0 aliphatic heterocycles. The molecule has 1 aromatic carbocycles. The van der Waals surface area contributed by atoms with Crippen molar-refractivity contribution in [1.82, 2.24) is 0 Å². The summed E-state index contributed by atoms with van der Waals surface area (Å²) >= 11 is 0. The van der Waals surface area contributed by atoms with Gasteiger partial charge in [-0.05, 0) is 49.8 Å². The molecule has 3 nitrogen and oxygen atoms in total. The van der Waals surface area contributed by atoms with E-state index in [-0.39, 0.29) is 17.2 Å². The Morgan fingerprint density at radius 2 is 1.89 bits per heavy atom. The van der Waals surface area contributed by atoms with Crippen LogP contribution >= 0.6 is 0 Å². The van der Waals surface area contributed by atoms with E-state index in [0.717, 1.165) is 17.5 Å². The van der Waals surface area contributed by atoms with E-state index in [9.17, 15) is 8.42 Å². The molecule has 0 amide bonds. The van der Waals surface area contributed by atoms with Gasteiger partial charge in [-0.1, -0.05) is 19.1 Å². The molecule has 100 valence electrons. The number of hydrogen-bond donors (Lipinski definition) is 1. The zero-order chi connectivity index (χ0) is 13.5. The SMILES string of the molecule is Cc1ccc(C)c(S(=O)(=O)C2CCC(N)C2C)c1. The molecule has 4 heteroatoms. The summed E-state index contributed by atoms with van der Waals surface area (Å²) in [6.45, 7) is 5.72. The zero-order valence-corrected chi connectivity index (χ0v) is 12.0. The second-order valence-corrected chi connectivity index (χ2v) is 7.59. The molecule has 1 aromatic rings. The Balaban J connectivity index is 2.46. The molecule has 3 unspecified atom stereocenters. The number of hydrogen-bond acceptors (Lipinski definition) is 3. The van der Waals surface area contributed by atoms with Crippen LogP contribution in [-0.4, -0.2) is 19.7 Å². The lowest BCUT2D eigenvalue weighted by Gasteiger charge is -2.20. The second kappa shape index (κ2) is 4.67. The summed E-state index contributed by atoms with van der Waals surface area (Å²) < 4.78 is 25.4. The van der Waals surface area contributed by atoms with Gasteiger partial charge in [-0.3, -0.25) is 0 Å². The first-order chi connectivity index (χ1) is 8.34. The van der Waals surface area contributed by atoms with Crippen molar-refractivity contribution < 1.29 is 8.42 Å². The van der Waals surface area contributed by atoms with Gasteiger partial charge in [-0.15, -0.1) is 0 Å². The Morgan fingerprint density at radius 1 is 1.22 bits per heavy atom. The fourth-order valence-electron chi connectivity index (χ4n) is 2.77.